The van der Waals surface area contributed by atoms with Crippen LogP contribution in [0.15, 0.2) is 55.1 Å². The summed E-state index contributed by atoms with van der Waals surface area (Å²) < 4.78 is 7.45. The van der Waals surface area contributed by atoms with Gasteiger partial charge in [0.1, 0.15) is 30.2 Å². The zero-order valence-corrected chi connectivity index (χ0v) is 16.8. The fraction of sp³-hybridized carbons (Fsp3) is 0.300. The number of benzene rings is 2. The first-order chi connectivity index (χ1) is 12.8. The fourth-order valence-electron chi connectivity index (χ4n) is 2.74. The van der Waals surface area contributed by atoms with Gasteiger partial charge in [-0.05, 0) is 47.4 Å². The molecule has 0 fully saturated rings. The maximum Gasteiger partial charge on any atom is 0.137 e. The van der Waals surface area contributed by atoms with Gasteiger partial charge in [0.05, 0.1) is 6.10 Å². The van der Waals surface area contributed by atoms with Crippen LogP contribution >= 0.6 is 23.2 Å². The lowest BCUT2D eigenvalue weighted by Gasteiger charge is -2.33. The van der Waals surface area contributed by atoms with Gasteiger partial charge in [0.15, 0.2) is 0 Å². The summed E-state index contributed by atoms with van der Waals surface area (Å²) >= 11 is 12.4. The molecular formula is C20H21Cl2N3O2. The van der Waals surface area contributed by atoms with Gasteiger partial charge in [0, 0.05) is 10.0 Å². The molecule has 0 amide bonds. The highest BCUT2D eigenvalue weighted by Crippen LogP contribution is 2.37. The van der Waals surface area contributed by atoms with E-state index in [1.54, 1.807) is 41.3 Å². The first kappa shape index (κ1) is 19.7. The third kappa shape index (κ3) is 4.61. The highest BCUT2D eigenvalue weighted by atomic mass is 35.5. The van der Waals surface area contributed by atoms with Crippen molar-refractivity contribution in [3.05, 3.63) is 70.7 Å². The second-order valence-electron chi connectivity index (χ2n) is 7.37. The maximum atomic E-state index is 10.9. The Labute approximate surface area is 168 Å². The lowest BCUT2D eigenvalue weighted by molar-refractivity contribution is 0.0260. The van der Waals surface area contributed by atoms with Gasteiger partial charge < -0.3 is 9.84 Å². The Balaban J connectivity index is 1.93. The molecule has 0 aliphatic rings. The molecule has 0 saturated heterocycles. The number of nitrogens with zero attached hydrogens (tertiary/aromatic N) is 3. The topological polar surface area (TPSA) is 60.2 Å². The molecule has 5 nitrogen and oxygen atoms in total. The number of aromatic nitrogens is 3. The quantitative estimate of drug-likeness (QED) is 0.619. The zero-order valence-electron chi connectivity index (χ0n) is 15.3. The van der Waals surface area contributed by atoms with E-state index in [1.807, 2.05) is 32.9 Å². The minimum Gasteiger partial charge on any atom is -0.457 e. The van der Waals surface area contributed by atoms with Gasteiger partial charge in [-0.25, -0.2) is 9.67 Å². The van der Waals surface area contributed by atoms with Gasteiger partial charge in [-0.2, -0.15) is 5.10 Å². The number of aliphatic hydroxyl groups is 1. The van der Waals surface area contributed by atoms with E-state index in [-0.39, 0.29) is 5.41 Å². The number of ether oxygens (including phenoxy) is 1. The maximum absolute atomic E-state index is 10.9. The van der Waals surface area contributed by atoms with Crippen LogP contribution in [-0.4, -0.2) is 26.0 Å². The molecule has 0 aliphatic carbocycles. The Morgan fingerprint density at radius 2 is 1.70 bits per heavy atom. The van der Waals surface area contributed by atoms with Crippen molar-refractivity contribution in [1.29, 1.82) is 0 Å². The van der Waals surface area contributed by atoms with Crippen LogP contribution in [-0.2, 0) is 0 Å². The largest absolute Gasteiger partial charge is 0.457 e. The molecule has 2 atom stereocenters. The number of aliphatic hydroxyl groups excluding tert-OH is 1. The van der Waals surface area contributed by atoms with Gasteiger partial charge in [0.25, 0.3) is 0 Å². The van der Waals surface area contributed by atoms with Crippen LogP contribution in [0.2, 0.25) is 10.0 Å². The second-order valence-corrected chi connectivity index (χ2v) is 8.21. The van der Waals surface area contributed by atoms with Crippen molar-refractivity contribution in [2.75, 3.05) is 0 Å². The molecule has 27 heavy (non-hydrogen) atoms. The molecule has 1 N–H and O–H groups in total. The molecule has 2 aromatic carbocycles. The Bertz CT molecular complexity index is 891. The number of halogens is 2. The van der Waals surface area contributed by atoms with E-state index in [1.165, 1.54) is 6.33 Å². The van der Waals surface area contributed by atoms with E-state index in [2.05, 4.69) is 10.1 Å². The van der Waals surface area contributed by atoms with E-state index in [9.17, 15) is 5.11 Å². The van der Waals surface area contributed by atoms with Crippen LogP contribution in [0.1, 0.15) is 32.4 Å². The highest BCUT2D eigenvalue weighted by Gasteiger charge is 2.34. The Kier molecular flexibility index (Phi) is 5.75. The zero-order chi connectivity index (χ0) is 19.6. The van der Waals surface area contributed by atoms with Crippen LogP contribution < -0.4 is 4.74 Å². The van der Waals surface area contributed by atoms with Crippen molar-refractivity contribution in [1.82, 2.24) is 14.8 Å². The number of rotatable bonds is 5. The molecule has 0 radical (unpaired) electrons. The van der Waals surface area contributed by atoms with E-state index in [0.717, 1.165) is 5.56 Å². The lowest BCUT2D eigenvalue weighted by Crippen LogP contribution is -2.36. The third-order valence-corrected chi connectivity index (χ3v) is 4.83. The summed E-state index contributed by atoms with van der Waals surface area (Å²) in [5.74, 6) is 1.25. The predicted octanol–water partition coefficient (Wildman–Crippen LogP) is 5.37. The second kappa shape index (κ2) is 7.89. The number of hydrogen-bond donors (Lipinski definition) is 1. The van der Waals surface area contributed by atoms with E-state index in [4.69, 9.17) is 27.9 Å². The Morgan fingerprint density at radius 3 is 2.26 bits per heavy atom. The molecule has 0 bridgehead atoms. The number of hydrogen-bond acceptors (Lipinski definition) is 4. The molecule has 0 spiro atoms. The van der Waals surface area contributed by atoms with Gasteiger partial charge in [0.2, 0.25) is 0 Å². The fourth-order valence-corrected chi connectivity index (χ4v) is 3.15. The molecule has 1 aromatic heterocycles. The summed E-state index contributed by atoms with van der Waals surface area (Å²) in [5, 5.41) is 16.3. The summed E-state index contributed by atoms with van der Waals surface area (Å²) in [4.78, 5) is 4.01. The summed E-state index contributed by atoms with van der Waals surface area (Å²) in [7, 11) is 0. The highest BCUT2D eigenvalue weighted by molar-refractivity contribution is 6.31. The van der Waals surface area contributed by atoms with Crippen LogP contribution in [0, 0.1) is 5.41 Å². The molecule has 2 unspecified atom stereocenters. The van der Waals surface area contributed by atoms with Crippen LogP contribution in [0.4, 0.5) is 0 Å². The molecule has 142 valence electrons. The monoisotopic (exact) mass is 405 g/mol. The van der Waals surface area contributed by atoms with Crippen molar-refractivity contribution in [2.24, 2.45) is 5.41 Å². The van der Waals surface area contributed by atoms with E-state index < -0.39 is 12.1 Å². The third-order valence-electron chi connectivity index (χ3n) is 4.25. The molecule has 3 aromatic rings. The average molecular weight is 406 g/mol. The molecule has 1 heterocycles. The normalized spacial score (nSPS) is 14.0. The van der Waals surface area contributed by atoms with Crippen LogP contribution in [0.25, 0.3) is 0 Å². The molecule has 3 rings (SSSR count). The summed E-state index contributed by atoms with van der Waals surface area (Å²) in [6.07, 6.45) is 2.29. The van der Waals surface area contributed by atoms with Crippen molar-refractivity contribution in [3.8, 4) is 11.5 Å². The molecule has 0 aliphatic heterocycles. The summed E-state index contributed by atoms with van der Waals surface area (Å²) in [6, 6.07) is 12.0. The SMILES string of the molecule is CC(C)(C)C(O)C(c1ccc(Oc2ccc(Cl)cc2)cc1Cl)n1cncn1. The van der Waals surface area contributed by atoms with E-state index in [0.29, 0.717) is 21.5 Å². The van der Waals surface area contributed by atoms with Crippen LogP contribution in [0.5, 0.6) is 11.5 Å². The molecule has 7 heteroatoms. The first-order valence-corrected chi connectivity index (χ1v) is 9.26. The van der Waals surface area contributed by atoms with Gasteiger partial charge >= 0.3 is 0 Å². The van der Waals surface area contributed by atoms with Crippen LogP contribution in [0.3, 0.4) is 0 Å². The van der Waals surface area contributed by atoms with Crippen molar-refractivity contribution in [2.45, 2.75) is 32.9 Å². The van der Waals surface area contributed by atoms with Gasteiger partial charge in [-0.3, -0.25) is 0 Å². The van der Waals surface area contributed by atoms with Crippen molar-refractivity contribution < 1.29 is 9.84 Å². The standard InChI is InChI=1S/C20H21Cl2N3O2/c1-20(2,3)19(26)18(25-12-23-11-24-25)16-9-8-15(10-17(16)22)27-14-6-4-13(21)5-7-14/h4-12,18-19,26H,1-3H3. The van der Waals surface area contributed by atoms with Crippen molar-refractivity contribution in [3.63, 3.8) is 0 Å². The van der Waals surface area contributed by atoms with Crippen molar-refractivity contribution >= 4 is 23.2 Å². The van der Waals surface area contributed by atoms with Gasteiger partial charge in [-0.1, -0.05) is 50.0 Å². The minimum atomic E-state index is -0.722. The predicted molar refractivity (Wildman–Crippen MR) is 107 cm³/mol. The summed E-state index contributed by atoms with van der Waals surface area (Å²) in [5.41, 5.74) is 0.367. The lowest BCUT2D eigenvalue weighted by atomic mass is 9.82. The van der Waals surface area contributed by atoms with Gasteiger partial charge in [-0.15, -0.1) is 0 Å². The molecule has 0 saturated carbocycles. The Morgan fingerprint density at radius 1 is 1.04 bits per heavy atom. The minimum absolute atomic E-state index is 0.377. The Hall–Kier alpha value is -2.08. The van der Waals surface area contributed by atoms with E-state index >= 15 is 0 Å². The first-order valence-electron chi connectivity index (χ1n) is 8.51. The smallest absolute Gasteiger partial charge is 0.137 e. The average Bonchev–Trinajstić information content (AvgIpc) is 3.12. The summed E-state index contributed by atoms with van der Waals surface area (Å²) in [6.45, 7) is 5.90. The molecular weight excluding hydrogens is 385 g/mol.